The van der Waals surface area contributed by atoms with Gasteiger partial charge in [0.1, 0.15) is 5.82 Å². The summed E-state index contributed by atoms with van der Waals surface area (Å²) in [4.78, 5) is 0. The lowest BCUT2D eigenvalue weighted by Gasteiger charge is -2.32. The maximum Gasteiger partial charge on any atom is 0.126 e. The first kappa shape index (κ1) is 16.7. The van der Waals surface area contributed by atoms with Crippen molar-refractivity contribution in [2.24, 2.45) is 0 Å². The standard InChI is InChI=1S/C21H27F/c1-6-21(7-2,8-3)18-11-12-19(16(5)13-18)17-10-9-15(4)20(22)14-17/h9-14H,6-8H2,1-5H3. The third-order valence-corrected chi connectivity index (χ3v) is 5.35. The zero-order chi connectivity index (χ0) is 16.3. The second kappa shape index (κ2) is 6.64. The van der Waals surface area contributed by atoms with Crippen LogP contribution in [0.25, 0.3) is 11.1 Å². The van der Waals surface area contributed by atoms with Gasteiger partial charge in [-0.3, -0.25) is 0 Å². The fourth-order valence-corrected chi connectivity index (χ4v) is 3.44. The predicted molar refractivity (Wildman–Crippen MR) is 93.9 cm³/mol. The van der Waals surface area contributed by atoms with Crippen LogP contribution in [0.2, 0.25) is 0 Å². The van der Waals surface area contributed by atoms with E-state index in [1.165, 1.54) is 11.1 Å². The lowest BCUT2D eigenvalue weighted by Crippen LogP contribution is -2.23. The molecule has 0 bridgehead atoms. The lowest BCUT2D eigenvalue weighted by atomic mass is 9.73. The largest absolute Gasteiger partial charge is 0.207 e. The number of aryl methyl sites for hydroxylation is 2. The third-order valence-electron chi connectivity index (χ3n) is 5.35. The minimum Gasteiger partial charge on any atom is -0.207 e. The van der Waals surface area contributed by atoms with Gasteiger partial charge in [-0.05, 0) is 72.4 Å². The van der Waals surface area contributed by atoms with Crippen molar-refractivity contribution in [2.45, 2.75) is 59.3 Å². The van der Waals surface area contributed by atoms with Crippen molar-refractivity contribution in [3.05, 3.63) is 58.9 Å². The Morgan fingerprint density at radius 3 is 1.95 bits per heavy atom. The van der Waals surface area contributed by atoms with E-state index < -0.39 is 0 Å². The van der Waals surface area contributed by atoms with Gasteiger partial charge in [0, 0.05) is 0 Å². The maximum atomic E-state index is 13.8. The molecule has 0 nitrogen and oxygen atoms in total. The first-order valence-corrected chi connectivity index (χ1v) is 8.35. The second-order valence-electron chi connectivity index (χ2n) is 6.33. The molecule has 0 aliphatic heterocycles. The van der Waals surface area contributed by atoms with Gasteiger partial charge in [0.05, 0.1) is 0 Å². The number of benzene rings is 2. The molecule has 0 spiro atoms. The van der Waals surface area contributed by atoms with E-state index in [-0.39, 0.29) is 11.2 Å². The molecular weight excluding hydrogens is 271 g/mol. The Morgan fingerprint density at radius 1 is 0.818 bits per heavy atom. The van der Waals surface area contributed by atoms with Gasteiger partial charge in [-0.2, -0.15) is 0 Å². The second-order valence-corrected chi connectivity index (χ2v) is 6.33. The van der Waals surface area contributed by atoms with Crippen molar-refractivity contribution in [1.82, 2.24) is 0 Å². The summed E-state index contributed by atoms with van der Waals surface area (Å²) in [5.74, 6) is -0.133. The minimum absolute atomic E-state index is 0.133. The van der Waals surface area contributed by atoms with Crippen molar-refractivity contribution in [1.29, 1.82) is 0 Å². The highest BCUT2D eigenvalue weighted by molar-refractivity contribution is 5.68. The van der Waals surface area contributed by atoms with Crippen LogP contribution in [0, 0.1) is 19.7 Å². The first-order chi connectivity index (χ1) is 10.5. The van der Waals surface area contributed by atoms with Gasteiger partial charge in [-0.25, -0.2) is 4.39 Å². The van der Waals surface area contributed by atoms with Crippen molar-refractivity contribution in [3.63, 3.8) is 0 Å². The van der Waals surface area contributed by atoms with Crippen molar-refractivity contribution in [2.75, 3.05) is 0 Å². The zero-order valence-electron chi connectivity index (χ0n) is 14.5. The molecule has 0 aromatic heterocycles. The van der Waals surface area contributed by atoms with Gasteiger partial charge in [-0.15, -0.1) is 0 Å². The van der Waals surface area contributed by atoms with E-state index in [0.29, 0.717) is 5.56 Å². The molecule has 2 aromatic rings. The van der Waals surface area contributed by atoms with E-state index in [9.17, 15) is 4.39 Å². The summed E-state index contributed by atoms with van der Waals surface area (Å²) in [6.07, 6.45) is 3.45. The van der Waals surface area contributed by atoms with E-state index in [4.69, 9.17) is 0 Å². The molecule has 0 aliphatic carbocycles. The molecule has 0 radical (unpaired) electrons. The predicted octanol–water partition coefficient (Wildman–Crippen LogP) is 6.58. The Hall–Kier alpha value is -1.63. The van der Waals surface area contributed by atoms with Crippen LogP contribution in [0.5, 0.6) is 0 Å². The van der Waals surface area contributed by atoms with E-state index in [2.05, 4.69) is 45.9 Å². The molecule has 0 heterocycles. The Kier molecular flexibility index (Phi) is 5.05. The average molecular weight is 298 g/mol. The smallest absolute Gasteiger partial charge is 0.126 e. The van der Waals surface area contributed by atoms with Crippen LogP contribution in [0.3, 0.4) is 0 Å². The Morgan fingerprint density at radius 2 is 1.45 bits per heavy atom. The number of hydrogen-bond donors (Lipinski definition) is 0. The summed E-state index contributed by atoms with van der Waals surface area (Å²) in [5.41, 5.74) is 5.68. The summed E-state index contributed by atoms with van der Waals surface area (Å²) in [6.45, 7) is 10.7. The first-order valence-electron chi connectivity index (χ1n) is 8.35. The molecule has 0 N–H and O–H groups in total. The molecule has 2 rings (SSSR count). The summed E-state index contributed by atoms with van der Waals surface area (Å²) in [7, 11) is 0. The zero-order valence-corrected chi connectivity index (χ0v) is 14.5. The van der Waals surface area contributed by atoms with Gasteiger partial charge in [0.2, 0.25) is 0 Å². The Labute approximate surface area is 134 Å². The van der Waals surface area contributed by atoms with E-state index >= 15 is 0 Å². The molecule has 0 atom stereocenters. The summed E-state index contributed by atoms with van der Waals surface area (Å²) in [5, 5.41) is 0. The molecule has 1 heteroatoms. The molecule has 0 saturated heterocycles. The van der Waals surface area contributed by atoms with E-state index in [1.807, 2.05) is 12.1 Å². The van der Waals surface area contributed by atoms with E-state index in [0.717, 1.165) is 30.4 Å². The van der Waals surface area contributed by atoms with Crippen LogP contribution < -0.4 is 0 Å². The maximum absolute atomic E-state index is 13.8. The molecule has 0 fully saturated rings. The highest BCUT2D eigenvalue weighted by Gasteiger charge is 2.26. The molecule has 0 aliphatic rings. The van der Waals surface area contributed by atoms with Crippen molar-refractivity contribution < 1.29 is 4.39 Å². The highest BCUT2D eigenvalue weighted by atomic mass is 19.1. The molecule has 118 valence electrons. The van der Waals surface area contributed by atoms with Gasteiger partial charge in [-0.1, -0.05) is 51.1 Å². The molecule has 0 unspecified atom stereocenters. The Bertz CT molecular complexity index is 643. The summed E-state index contributed by atoms with van der Waals surface area (Å²) >= 11 is 0. The van der Waals surface area contributed by atoms with Gasteiger partial charge in [0.15, 0.2) is 0 Å². The van der Waals surface area contributed by atoms with Gasteiger partial charge in [0.25, 0.3) is 0 Å². The molecular formula is C21H27F. The van der Waals surface area contributed by atoms with Gasteiger partial charge < -0.3 is 0 Å². The molecule has 2 aromatic carbocycles. The van der Waals surface area contributed by atoms with E-state index in [1.54, 1.807) is 13.0 Å². The minimum atomic E-state index is -0.133. The number of rotatable bonds is 5. The van der Waals surface area contributed by atoms with Crippen molar-refractivity contribution >= 4 is 0 Å². The lowest BCUT2D eigenvalue weighted by molar-refractivity contribution is 0.381. The van der Waals surface area contributed by atoms with Crippen LogP contribution in [-0.4, -0.2) is 0 Å². The SMILES string of the molecule is CCC(CC)(CC)c1ccc(-c2ccc(C)c(F)c2)c(C)c1. The van der Waals surface area contributed by atoms with Gasteiger partial charge >= 0.3 is 0 Å². The topological polar surface area (TPSA) is 0 Å². The average Bonchev–Trinajstić information content (AvgIpc) is 2.53. The third kappa shape index (κ3) is 2.95. The van der Waals surface area contributed by atoms with Crippen molar-refractivity contribution in [3.8, 4) is 11.1 Å². The quantitative estimate of drug-likeness (QED) is 0.585. The number of hydrogen-bond acceptors (Lipinski definition) is 0. The molecule has 0 saturated carbocycles. The monoisotopic (exact) mass is 298 g/mol. The van der Waals surface area contributed by atoms with Crippen LogP contribution in [-0.2, 0) is 5.41 Å². The normalized spacial score (nSPS) is 11.7. The summed E-state index contributed by atoms with van der Waals surface area (Å²) < 4.78 is 13.8. The summed E-state index contributed by atoms with van der Waals surface area (Å²) in [6, 6.07) is 12.2. The molecule has 0 amide bonds. The van der Waals surface area contributed by atoms with Crippen LogP contribution in [0.15, 0.2) is 36.4 Å². The number of halogens is 1. The Balaban J connectivity index is 2.48. The van der Waals surface area contributed by atoms with Crippen LogP contribution >= 0.6 is 0 Å². The fraction of sp³-hybridized carbons (Fsp3) is 0.429. The fourth-order valence-electron chi connectivity index (χ4n) is 3.44. The van der Waals surface area contributed by atoms with Crippen LogP contribution in [0.4, 0.5) is 4.39 Å². The van der Waals surface area contributed by atoms with Crippen LogP contribution in [0.1, 0.15) is 56.7 Å². The molecule has 22 heavy (non-hydrogen) atoms. The highest BCUT2D eigenvalue weighted by Crippen LogP contribution is 2.37.